The summed E-state index contributed by atoms with van der Waals surface area (Å²) in [5.74, 6) is 0.216. The molecule has 1 unspecified atom stereocenters. The molecule has 0 saturated heterocycles. The van der Waals surface area contributed by atoms with Gasteiger partial charge in [0, 0.05) is 20.6 Å². The Hall–Kier alpha value is -3.74. The molecule has 0 bridgehead atoms. The SMILES string of the molecule is Cc1cc(SC(Cc2ccc(-c3ccc(F)cc3)cc2)c2sc(-c3ccc(C(F)(F)F)cc3)nc2C)ccc1OCN(O)O. The molecule has 4 aromatic carbocycles. The number of rotatable bonds is 10. The van der Waals surface area contributed by atoms with Crippen molar-refractivity contribution in [1.82, 2.24) is 10.2 Å². The molecule has 0 spiro atoms. The van der Waals surface area contributed by atoms with Crippen LogP contribution in [-0.2, 0) is 12.6 Å². The molecule has 1 aromatic heterocycles. The number of nitrogens with zero attached hydrogens (tertiary/aromatic N) is 2. The topological polar surface area (TPSA) is 65.8 Å². The van der Waals surface area contributed by atoms with Crippen molar-refractivity contribution in [2.24, 2.45) is 0 Å². The molecule has 0 fully saturated rings. The summed E-state index contributed by atoms with van der Waals surface area (Å²) in [6.45, 7) is 3.36. The Labute approximate surface area is 260 Å². The molecule has 0 amide bonds. The first-order valence-corrected chi connectivity index (χ1v) is 15.2. The van der Waals surface area contributed by atoms with Gasteiger partial charge in [-0.25, -0.2) is 9.37 Å². The monoisotopic (exact) mass is 640 g/mol. The highest BCUT2D eigenvalue weighted by atomic mass is 32.2. The maximum atomic E-state index is 13.4. The van der Waals surface area contributed by atoms with Crippen LogP contribution in [0.5, 0.6) is 5.75 Å². The zero-order chi connectivity index (χ0) is 31.4. The first kappa shape index (κ1) is 31.7. The second kappa shape index (κ2) is 13.5. The minimum Gasteiger partial charge on any atom is -0.473 e. The molecule has 228 valence electrons. The highest BCUT2D eigenvalue weighted by Gasteiger charge is 2.30. The minimum absolute atomic E-state index is 0.0414. The van der Waals surface area contributed by atoms with Crippen LogP contribution in [-0.4, -0.2) is 27.4 Å². The number of aromatic nitrogens is 1. The third kappa shape index (κ3) is 7.85. The fourth-order valence-electron chi connectivity index (χ4n) is 4.66. The largest absolute Gasteiger partial charge is 0.473 e. The summed E-state index contributed by atoms with van der Waals surface area (Å²) >= 11 is 3.09. The van der Waals surface area contributed by atoms with Crippen molar-refractivity contribution < 1.29 is 32.7 Å². The second-order valence-corrected chi connectivity index (χ2v) is 12.4. The van der Waals surface area contributed by atoms with Gasteiger partial charge in [0.15, 0.2) is 6.73 Å². The molecular formula is C33H28F4N2O3S2. The van der Waals surface area contributed by atoms with Crippen LogP contribution in [0.15, 0.2) is 95.9 Å². The molecular weight excluding hydrogens is 613 g/mol. The van der Waals surface area contributed by atoms with Crippen LogP contribution < -0.4 is 4.74 Å². The summed E-state index contributed by atoms with van der Waals surface area (Å²) in [5.41, 5.74) is 4.46. The molecule has 5 rings (SSSR count). The number of hydroxylamine groups is 2. The number of hydrogen-bond donors (Lipinski definition) is 2. The molecule has 5 aromatic rings. The van der Waals surface area contributed by atoms with E-state index in [2.05, 4.69) is 0 Å². The van der Waals surface area contributed by atoms with Crippen LogP contribution in [0.25, 0.3) is 21.7 Å². The third-order valence-electron chi connectivity index (χ3n) is 6.90. The van der Waals surface area contributed by atoms with Crippen LogP contribution in [0.4, 0.5) is 17.6 Å². The van der Waals surface area contributed by atoms with Crippen LogP contribution in [0.3, 0.4) is 0 Å². The number of halogens is 4. The summed E-state index contributed by atoms with van der Waals surface area (Å²) in [5, 5.41) is 18.5. The summed E-state index contributed by atoms with van der Waals surface area (Å²) < 4.78 is 58.2. The maximum absolute atomic E-state index is 13.4. The fraction of sp³-hybridized carbons (Fsp3) is 0.182. The van der Waals surface area contributed by atoms with Crippen molar-refractivity contribution in [3.05, 3.63) is 124 Å². The third-order valence-corrected chi connectivity index (χ3v) is 9.58. The Morgan fingerprint density at radius 1 is 0.864 bits per heavy atom. The van der Waals surface area contributed by atoms with Crippen molar-refractivity contribution in [2.75, 3.05) is 6.73 Å². The Kier molecular flexibility index (Phi) is 9.72. The predicted octanol–water partition coefficient (Wildman–Crippen LogP) is 9.74. The van der Waals surface area contributed by atoms with Crippen LogP contribution >= 0.6 is 23.1 Å². The summed E-state index contributed by atoms with van der Waals surface area (Å²) in [7, 11) is 0. The van der Waals surface area contributed by atoms with Gasteiger partial charge in [0.2, 0.25) is 0 Å². The number of thioether (sulfide) groups is 1. The standard InChI is InChI=1S/C33H28F4N2O3S2/c1-20-17-28(15-16-29(20)42-19-39(40)41)43-30(18-22-3-5-23(6-4-22)24-9-13-27(34)14-10-24)31-21(2)38-32(44-31)25-7-11-26(12-8-25)33(35,36)37/h3-17,30,40-41H,18-19H2,1-2H3. The van der Waals surface area contributed by atoms with Crippen molar-refractivity contribution in [3.8, 4) is 27.4 Å². The van der Waals surface area contributed by atoms with Crippen molar-refractivity contribution in [1.29, 1.82) is 0 Å². The van der Waals surface area contributed by atoms with Gasteiger partial charge in [-0.3, -0.25) is 10.4 Å². The van der Waals surface area contributed by atoms with Gasteiger partial charge < -0.3 is 4.74 Å². The molecule has 44 heavy (non-hydrogen) atoms. The van der Waals surface area contributed by atoms with E-state index >= 15 is 0 Å². The van der Waals surface area contributed by atoms with E-state index < -0.39 is 18.5 Å². The number of alkyl halides is 3. The average molecular weight is 641 g/mol. The van der Waals surface area contributed by atoms with Gasteiger partial charge in [-0.2, -0.15) is 13.2 Å². The Bertz CT molecular complexity index is 1710. The van der Waals surface area contributed by atoms with E-state index in [1.54, 1.807) is 30.0 Å². The Balaban J connectivity index is 1.44. The molecule has 0 radical (unpaired) electrons. The quantitative estimate of drug-likeness (QED) is 0.0686. The van der Waals surface area contributed by atoms with E-state index in [9.17, 15) is 17.6 Å². The van der Waals surface area contributed by atoms with Gasteiger partial charge in [-0.15, -0.1) is 23.1 Å². The van der Waals surface area contributed by atoms with Crippen LogP contribution in [0.1, 0.15) is 32.5 Å². The van der Waals surface area contributed by atoms with Crippen molar-refractivity contribution in [2.45, 2.75) is 36.6 Å². The van der Waals surface area contributed by atoms with Crippen molar-refractivity contribution >= 4 is 23.1 Å². The molecule has 1 heterocycles. The fourth-order valence-corrected chi connectivity index (χ4v) is 7.27. The van der Waals surface area contributed by atoms with E-state index in [0.717, 1.165) is 49.9 Å². The van der Waals surface area contributed by atoms with Gasteiger partial charge in [0.05, 0.1) is 11.3 Å². The smallest absolute Gasteiger partial charge is 0.416 e. The van der Waals surface area contributed by atoms with E-state index in [1.807, 2.05) is 50.2 Å². The lowest BCUT2D eigenvalue weighted by molar-refractivity contribution is -0.330. The average Bonchev–Trinajstić information content (AvgIpc) is 3.38. The maximum Gasteiger partial charge on any atom is 0.416 e. The number of benzene rings is 4. The second-order valence-electron chi connectivity index (χ2n) is 10.1. The van der Waals surface area contributed by atoms with E-state index in [-0.39, 0.29) is 16.3 Å². The van der Waals surface area contributed by atoms with E-state index in [0.29, 0.717) is 22.7 Å². The van der Waals surface area contributed by atoms with E-state index in [1.165, 1.54) is 35.6 Å². The normalized spacial score (nSPS) is 12.5. The molecule has 0 saturated carbocycles. The molecule has 1 atom stereocenters. The number of ether oxygens (including phenoxy) is 1. The summed E-state index contributed by atoms with van der Waals surface area (Å²) in [4.78, 5) is 6.69. The zero-order valence-corrected chi connectivity index (χ0v) is 25.3. The van der Waals surface area contributed by atoms with Crippen molar-refractivity contribution in [3.63, 3.8) is 0 Å². The van der Waals surface area contributed by atoms with Gasteiger partial charge in [-0.05, 0) is 90.2 Å². The lowest BCUT2D eigenvalue weighted by atomic mass is 10.0. The molecule has 5 nitrogen and oxygen atoms in total. The molecule has 0 aliphatic rings. The van der Waals surface area contributed by atoms with Crippen LogP contribution in [0.2, 0.25) is 0 Å². The number of aryl methyl sites for hydroxylation is 2. The minimum atomic E-state index is -4.41. The Morgan fingerprint density at radius 2 is 1.48 bits per heavy atom. The zero-order valence-electron chi connectivity index (χ0n) is 23.7. The van der Waals surface area contributed by atoms with Crippen LogP contribution in [0, 0.1) is 19.7 Å². The summed E-state index contributed by atoms with van der Waals surface area (Å²) in [6.07, 6.45) is -3.77. The molecule has 2 N–H and O–H groups in total. The molecule has 0 aliphatic heterocycles. The van der Waals surface area contributed by atoms with E-state index in [4.69, 9.17) is 20.1 Å². The first-order valence-electron chi connectivity index (χ1n) is 13.5. The lowest BCUT2D eigenvalue weighted by Gasteiger charge is -2.18. The Morgan fingerprint density at radius 3 is 2.07 bits per heavy atom. The highest BCUT2D eigenvalue weighted by molar-refractivity contribution is 7.99. The lowest BCUT2D eigenvalue weighted by Crippen LogP contribution is -2.20. The van der Waals surface area contributed by atoms with Gasteiger partial charge in [-0.1, -0.05) is 48.5 Å². The first-order chi connectivity index (χ1) is 21.0. The molecule has 0 aliphatic carbocycles. The van der Waals surface area contributed by atoms with Gasteiger partial charge >= 0.3 is 6.18 Å². The number of thiazole rings is 1. The molecule has 11 heteroatoms. The predicted molar refractivity (Wildman–Crippen MR) is 164 cm³/mol. The summed E-state index contributed by atoms with van der Waals surface area (Å²) in [6, 6.07) is 25.1. The van der Waals surface area contributed by atoms with Gasteiger partial charge in [0.25, 0.3) is 0 Å². The number of hydrogen-bond acceptors (Lipinski definition) is 7. The van der Waals surface area contributed by atoms with Gasteiger partial charge in [0.1, 0.15) is 16.6 Å². The highest BCUT2D eigenvalue weighted by Crippen LogP contribution is 2.44.